The van der Waals surface area contributed by atoms with Crippen molar-refractivity contribution in [3.05, 3.63) is 53.6 Å². The first-order valence-electron chi connectivity index (χ1n) is 9.49. The second-order valence-electron chi connectivity index (χ2n) is 6.84. The van der Waals surface area contributed by atoms with Crippen LogP contribution >= 0.6 is 0 Å². The fourth-order valence-corrected chi connectivity index (χ4v) is 3.16. The van der Waals surface area contributed by atoms with Crippen molar-refractivity contribution in [3.63, 3.8) is 0 Å². The predicted octanol–water partition coefficient (Wildman–Crippen LogP) is 2.63. The summed E-state index contributed by atoms with van der Waals surface area (Å²) in [7, 11) is 4.47. The number of ether oxygens (including phenoxy) is 3. The van der Waals surface area contributed by atoms with E-state index in [1.165, 1.54) is 21.3 Å². The topological polar surface area (TPSA) is 77.1 Å². The van der Waals surface area contributed by atoms with E-state index in [4.69, 9.17) is 14.2 Å². The number of amides is 2. The summed E-state index contributed by atoms with van der Waals surface area (Å²) in [6.45, 7) is 0.475. The lowest BCUT2D eigenvalue weighted by Crippen LogP contribution is -2.41. The third-order valence-corrected chi connectivity index (χ3v) is 4.83. The van der Waals surface area contributed by atoms with Crippen LogP contribution in [0.25, 0.3) is 0 Å². The van der Waals surface area contributed by atoms with E-state index >= 15 is 0 Å². The van der Waals surface area contributed by atoms with Crippen LogP contribution < -0.4 is 19.5 Å². The third-order valence-electron chi connectivity index (χ3n) is 4.83. The second kappa shape index (κ2) is 9.32. The van der Waals surface area contributed by atoms with Crippen molar-refractivity contribution in [2.75, 3.05) is 27.9 Å². The maximum atomic E-state index is 12.8. The summed E-state index contributed by atoms with van der Waals surface area (Å²) >= 11 is 0. The van der Waals surface area contributed by atoms with Crippen LogP contribution in [0, 0.1) is 0 Å². The summed E-state index contributed by atoms with van der Waals surface area (Å²) in [6.07, 6.45) is 2.00. The van der Waals surface area contributed by atoms with E-state index in [9.17, 15) is 9.59 Å². The first-order chi connectivity index (χ1) is 14.1. The SMILES string of the molecule is COc1cc(C(=O)NCC(=O)N(Cc2ccccc2)C2CC2)cc(OC)c1OC. The summed E-state index contributed by atoms with van der Waals surface area (Å²) in [4.78, 5) is 27.2. The number of methoxy groups -OCH3 is 3. The Bertz CT molecular complexity index is 840. The van der Waals surface area contributed by atoms with Gasteiger partial charge in [0.15, 0.2) is 11.5 Å². The standard InChI is InChI=1S/C22H26N2O5/c1-27-18-11-16(12-19(28-2)21(18)29-3)22(26)23-13-20(25)24(17-9-10-17)14-15-7-5-4-6-8-15/h4-8,11-12,17H,9-10,13-14H2,1-3H3,(H,23,26). The van der Waals surface area contributed by atoms with Gasteiger partial charge in [-0.3, -0.25) is 9.59 Å². The highest BCUT2D eigenvalue weighted by molar-refractivity contribution is 5.97. The third kappa shape index (κ3) is 4.99. The zero-order chi connectivity index (χ0) is 20.8. The first-order valence-corrected chi connectivity index (χ1v) is 9.49. The molecular weight excluding hydrogens is 372 g/mol. The minimum Gasteiger partial charge on any atom is -0.493 e. The Kier molecular flexibility index (Phi) is 6.59. The Morgan fingerprint density at radius 2 is 1.62 bits per heavy atom. The lowest BCUT2D eigenvalue weighted by Gasteiger charge is -2.23. The summed E-state index contributed by atoms with van der Waals surface area (Å²) in [5.41, 5.74) is 1.40. The number of hydrogen-bond acceptors (Lipinski definition) is 5. The van der Waals surface area contributed by atoms with E-state index in [2.05, 4.69) is 5.32 Å². The fraction of sp³-hybridized carbons (Fsp3) is 0.364. The first kappa shape index (κ1) is 20.5. The zero-order valence-electron chi connectivity index (χ0n) is 16.9. The fourth-order valence-electron chi connectivity index (χ4n) is 3.16. The van der Waals surface area contributed by atoms with Crippen molar-refractivity contribution < 1.29 is 23.8 Å². The van der Waals surface area contributed by atoms with Gasteiger partial charge in [0.25, 0.3) is 5.91 Å². The number of carbonyl (C=O) groups excluding carboxylic acids is 2. The Morgan fingerprint density at radius 1 is 1.00 bits per heavy atom. The number of hydrogen-bond donors (Lipinski definition) is 1. The molecule has 0 unspecified atom stereocenters. The molecule has 0 atom stereocenters. The average Bonchev–Trinajstić information content (AvgIpc) is 3.60. The normalized spacial score (nSPS) is 12.8. The number of nitrogens with one attached hydrogen (secondary N) is 1. The molecular formula is C22H26N2O5. The molecule has 1 saturated carbocycles. The monoisotopic (exact) mass is 398 g/mol. The summed E-state index contributed by atoms with van der Waals surface area (Å²) in [5, 5.41) is 2.71. The lowest BCUT2D eigenvalue weighted by molar-refractivity contribution is -0.131. The highest BCUT2D eigenvalue weighted by atomic mass is 16.5. The molecule has 0 radical (unpaired) electrons. The highest BCUT2D eigenvalue weighted by Crippen LogP contribution is 2.38. The molecule has 29 heavy (non-hydrogen) atoms. The molecule has 2 amide bonds. The van der Waals surface area contributed by atoms with E-state index in [1.54, 1.807) is 12.1 Å². The lowest BCUT2D eigenvalue weighted by atomic mass is 10.1. The van der Waals surface area contributed by atoms with E-state index < -0.39 is 0 Å². The van der Waals surface area contributed by atoms with E-state index in [0.29, 0.717) is 29.4 Å². The molecule has 3 rings (SSSR count). The molecule has 154 valence electrons. The van der Waals surface area contributed by atoms with Crippen LogP contribution in [0.5, 0.6) is 17.2 Å². The van der Waals surface area contributed by atoms with Gasteiger partial charge in [-0.2, -0.15) is 0 Å². The molecule has 1 aliphatic rings. The van der Waals surface area contributed by atoms with Gasteiger partial charge in [0, 0.05) is 18.2 Å². The van der Waals surface area contributed by atoms with Crippen molar-refractivity contribution in [1.29, 1.82) is 0 Å². The smallest absolute Gasteiger partial charge is 0.251 e. The molecule has 2 aromatic rings. The summed E-state index contributed by atoms with van der Waals surface area (Å²) in [6, 6.07) is 13.2. The minimum atomic E-state index is -0.381. The van der Waals surface area contributed by atoms with Crippen LogP contribution in [0.1, 0.15) is 28.8 Å². The number of nitrogens with zero attached hydrogens (tertiary/aromatic N) is 1. The molecule has 7 nitrogen and oxygen atoms in total. The molecule has 7 heteroatoms. The van der Waals surface area contributed by atoms with Crippen LogP contribution in [0.15, 0.2) is 42.5 Å². The van der Waals surface area contributed by atoms with Gasteiger partial charge < -0.3 is 24.4 Å². The van der Waals surface area contributed by atoms with Gasteiger partial charge in [-0.15, -0.1) is 0 Å². The Hall–Kier alpha value is -3.22. The maximum Gasteiger partial charge on any atom is 0.251 e. The zero-order valence-corrected chi connectivity index (χ0v) is 16.9. The van der Waals surface area contributed by atoms with Gasteiger partial charge in [-0.25, -0.2) is 0 Å². The van der Waals surface area contributed by atoms with Crippen molar-refractivity contribution in [1.82, 2.24) is 10.2 Å². The molecule has 2 aromatic carbocycles. The van der Waals surface area contributed by atoms with Gasteiger partial charge in [0.2, 0.25) is 11.7 Å². The summed E-state index contributed by atoms with van der Waals surface area (Å²) < 4.78 is 15.8. The van der Waals surface area contributed by atoms with E-state index in [1.807, 2.05) is 35.2 Å². The largest absolute Gasteiger partial charge is 0.493 e. The van der Waals surface area contributed by atoms with Crippen LogP contribution in [-0.2, 0) is 11.3 Å². The molecule has 0 heterocycles. The van der Waals surface area contributed by atoms with Crippen molar-refractivity contribution >= 4 is 11.8 Å². The molecule has 1 fully saturated rings. The molecule has 0 saturated heterocycles. The van der Waals surface area contributed by atoms with Crippen LogP contribution in [0.4, 0.5) is 0 Å². The molecule has 1 N–H and O–H groups in total. The van der Waals surface area contributed by atoms with Crippen molar-refractivity contribution in [3.8, 4) is 17.2 Å². The second-order valence-corrected chi connectivity index (χ2v) is 6.84. The average molecular weight is 398 g/mol. The van der Waals surface area contributed by atoms with Crippen LogP contribution in [-0.4, -0.2) is 50.6 Å². The highest BCUT2D eigenvalue weighted by Gasteiger charge is 2.32. The van der Waals surface area contributed by atoms with Crippen molar-refractivity contribution in [2.45, 2.75) is 25.4 Å². The van der Waals surface area contributed by atoms with E-state index in [0.717, 1.165) is 18.4 Å². The van der Waals surface area contributed by atoms with Crippen molar-refractivity contribution in [2.24, 2.45) is 0 Å². The number of rotatable bonds is 9. The van der Waals surface area contributed by atoms with Gasteiger partial charge >= 0.3 is 0 Å². The summed E-state index contributed by atoms with van der Waals surface area (Å²) in [5.74, 6) is 0.689. The molecule has 0 aliphatic heterocycles. The number of carbonyl (C=O) groups is 2. The van der Waals surface area contributed by atoms with Crippen LogP contribution in [0.2, 0.25) is 0 Å². The van der Waals surface area contributed by atoms with Gasteiger partial charge in [0.05, 0.1) is 27.9 Å². The van der Waals surface area contributed by atoms with Gasteiger partial charge in [-0.1, -0.05) is 30.3 Å². The Labute approximate surface area is 170 Å². The van der Waals surface area contributed by atoms with E-state index in [-0.39, 0.29) is 24.4 Å². The predicted molar refractivity (Wildman–Crippen MR) is 108 cm³/mol. The molecule has 1 aliphatic carbocycles. The van der Waals surface area contributed by atoms with Gasteiger partial charge in [-0.05, 0) is 30.5 Å². The molecule has 0 bridgehead atoms. The Balaban J connectivity index is 1.67. The maximum absolute atomic E-state index is 12.8. The van der Waals surface area contributed by atoms with Gasteiger partial charge in [0.1, 0.15) is 0 Å². The van der Waals surface area contributed by atoms with Crippen LogP contribution in [0.3, 0.4) is 0 Å². The minimum absolute atomic E-state index is 0.0706. The molecule has 0 aromatic heterocycles. The Morgan fingerprint density at radius 3 is 2.14 bits per heavy atom. The quantitative estimate of drug-likeness (QED) is 0.703. The molecule has 0 spiro atoms. The number of benzene rings is 2.